The van der Waals surface area contributed by atoms with Gasteiger partial charge in [-0.2, -0.15) is 5.10 Å². The molecule has 1 aromatic carbocycles. The maximum Gasteiger partial charge on any atom is 0.355 e. The van der Waals surface area contributed by atoms with Gasteiger partial charge < -0.3 is 9.47 Å². The third kappa shape index (κ3) is 2.23. The van der Waals surface area contributed by atoms with Crippen LogP contribution in [0.15, 0.2) is 29.4 Å². The van der Waals surface area contributed by atoms with Gasteiger partial charge >= 0.3 is 5.97 Å². The molecular formula is C15H15N3O5. The minimum atomic E-state index is -0.982. The van der Waals surface area contributed by atoms with Crippen LogP contribution in [0.2, 0.25) is 0 Å². The summed E-state index contributed by atoms with van der Waals surface area (Å²) >= 11 is 0. The number of anilines is 1. The summed E-state index contributed by atoms with van der Waals surface area (Å²) in [7, 11) is 1.20. The van der Waals surface area contributed by atoms with Gasteiger partial charge in [-0.15, -0.1) is 0 Å². The maximum atomic E-state index is 12.7. The zero-order chi connectivity index (χ0) is 16.6. The minimum Gasteiger partial charge on any atom is -0.492 e. The van der Waals surface area contributed by atoms with Crippen molar-refractivity contribution in [3.8, 4) is 5.75 Å². The van der Waals surface area contributed by atoms with Gasteiger partial charge in [-0.25, -0.2) is 9.69 Å². The number of hydrogen-bond donors (Lipinski definition) is 1. The molecule has 2 aliphatic heterocycles. The summed E-state index contributed by atoms with van der Waals surface area (Å²) < 4.78 is 10.1. The second kappa shape index (κ2) is 5.71. The zero-order valence-electron chi connectivity index (χ0n) is 12.6. The number of esters is 1. The quantitative estimate of drug-likeness (QED) is 0.624. The number of hydrogen-bond acceptors (Lipinski definition) is 7. The molecule has 0 saturated carbocycles. The average Bonchev–Trinajstić information content (AvgIpc) is 3.09. The molecule has 120 valence electrons. The normalized spacial score (nSPS) is 22.5. The van der Waals surface area contributed by atoms with Crippen molar-refractivity contribution in [3.05, 3.63) is 24.3 Å². The SMILES string of the molecule is CCOc1ccccc1N1C(=O)[C@H]2C(C(=O)OC)=NN[C@H]2C1=O. The summed E-state index contributed by atoms with van der Waals surface area (Å²) in [4.78, 5) is 38.0. The molecule has 1 aromatic rings. The van der Waals surface area contributed by atoms with Crippen molar-refractivity contribution in [2.45, 2.75) is 13.0 Å². The van der Waals surface area contributed by atoms with Crippen molar-refractivity contribution in [1.82, 2.24) is 5.43 Å². The Morgan fingerprint density at radius 3 is 2.74 bits per heavy atom. The Labute approximate surface area is 132 Å². The number of ether oxygens (including phenoxy) is 2. The highest BCUT2D eigenvalue weighted by molar-refractivity contribution is 6.46. The van der Waals surface area contributed by atoms with E-state index in [4.69, 9.17) is 4.74 Å². The molecule has 0 bridgehead atoms. The highest BCUT2D eigenvalue weighted by Crippen LogP contribution is 2.35. The summed E-state index contributed by atoms with van der Waals surface area (Å²) in [5.41, 5.74) is 2.81. The lowest BCUT2D eigenvalue weighted by atomic mass is 9.99. The summed E-state index contributed by atoms with van der Waals surface area (Å²) in [6.07, 6.45) is 0. The van der Waals surface area contributed by atoms with Crippen LogP contribution in [0.5, 0.6) is 5.75 Å². The van der Waals surface area contributed by atoms with Crippen LogP contribution in [0, 0.1) is 5.92 Å². The van der Waals surface area contributed by atoms with Gasteiger partial charge in [0.1, 0.15) is 17.7 Å². The number of carbonyl (C=O) groups excluding carboxylic acids is 3. The smallest absolute Gasteiger partial charge is 0.355 e. The summed E-state index contributed by atoms with van der Waals surface area (Å²) in [5.74, 6) is -2.29. The number of imide groups is 1. The number of para-hydroxylation sites is 2. The van der Waals surface area contributed by atoms with Crippen molar-refractivity contribution in [3.63, 3.8) is 0 Å². The van der Waals surface area contributed by atoms with E-state index in [9.17, 15) is 14.4 Å². The number of nitrogens with one attached hydrogen (secondary N) is 1. The van der Waals surface area contributed by atoms with Crippen molar-refractivity contribution in [1.29, 1.82) is 0 Å². The number of amides is 2. The topological polar surface area (TPSA) is 97.3 Å². The summed E-state index contributed by atoms with van der Waals surface area (Å²) in [6.45, 7) is 2.20. The Kier molecular flexibility index (Phi) is 3.73. The second-order valence-corrected chi connectivity index (χ2v) is 4.99. The molecule has 0 aromatic heterocycles. The fourth-order valence-electron chi connectivity index (χ4n) is 2.72. The van der Waals surface area contributed by atoms with Crippen LogP contribution < -0.4 is 15.1 Å². The number of fused-ring (bicyclic) bond motifs is 1. The van der Waals surface area contributed by atoms with Crippen LogP contribution in [0.4, 0.5) is 5.69 Å². The molecule has 8 heteroatoms. The lowest BCUT2D eigenvalue weighted by Crippen LogP contribution is -2.36. The van der Waals surface area contributed by atoms with Gasteiger partial charge in [0.2, 0.25) is 5.91 Å². The highest BCUT2D eigenvalue weighted by Gasteiger charge is 2.56. The Hall–Kier alpha value is -2.90. The molecule has 8 nitrogen and oxygen atoms in total. The van der Waals surface area contributed by atoms with Crippen LogP contribution in [0.25, 0.3) is 0 Å². The molecule has 1 saturated heterocycles. The molecule has 0 spiro atoms. The monoisotopic (exact) mass is 317 g/mol. The van der Waals surface area contributed by atoms with Gasteiger partial charge in [0.25, 0.3) is 5.91 Å². The van der Waals surface area contributed by atoms with Crippen molar-refractivity contribution in [2.75, 3.05) is 18.6 Å². The first-order chi connectivity index (χ1) is 11.1. The van der Waals surface area contributed by atoms with Gasteiger partial charge in [-0.1, -0.05) is 12.1 Å². The Bertz CT molecular complexity index is 715. The molecule has 2 heterocycles. The fraction of sp³-hybridized carbons (Fsp3) is 0.333. The lowest BCUT2D eigenvalue weighted by molar-refractivity contribution is -0.133. The van der Waals surface area contributed by atoms with Gasteiger partial charge in [0, 0.05) is 0 Å². The van der Waals surface area contributed by atoms with E-state index < -0.39 is 29.7 Å². The predicted octanol–water partition coefficient (Wildman–Crippen LogP) is 0.0755. The largest absolute Gasteiger partial charge is 0.492 e. The molecular weight excluding hydrogens is 302 g/mol. The van der Waals surface area contributed by atoms with Gasteiger partial charge in [0.05, 0.1) is 19.4 Å². The van der Waals surface area contributed by atoms with E-state index in [2.05, 4.69) is 15.3 Å². The number of methoxy groups -OCH3 is 1. The van der Waals surface area contributed by atoms with E-state index >= 15 is 0 Å². The molecule has 23 heavy (non-hydrogen) atoms. The third-order valence-corrected chi connectivity index (χ3v) is 3.73. The van der Waals surface area contributed by atoms with E-state index in [0.717, 1.165) is 4.90 Å². The van der Waals surface area contributed by atoms with Crippen molar-refractivity contribution < 1.29 is 23.9 Å². The maximum absolute atomic E-state index is 12.7. The number of hydrazone groups is 1. The first-order valence-electron chi connectivity index (χ1n) is 7.11. The van der Waals surface area contributed by atoms with Gasteiger partial charge in [0.15, 0.2) is 5.71 Å². The molecule has 1 N–H and O–H groups in total. The number of rotatable bonds is 4. The summed E-state index contributed by atoms with van der Waals surface area (Å²) in [5, 5.41) is 3.77. The Morgan fingerprint density at radius 2 is 2.04 bits per heavy atom. The number of carbonyl (C=O) groups is 3. The van der Waals surface area contributed by atoms with E-state index in [0.29, 0.717) is 18.0 Å². The predicted molar refractivity (Wildman–Crippen MR) is 80.0 cm³/mol. The Balaban J connectivity index is 1.98. The fourth-order valence-corrected chi connectivity index (χ4v) is 2.72. The second-order valence-electron chi connectivity index (χ2n) is 4.99. The summed E-state index contributed by atoms with van der Waals surface area (Å²) in [6, 6.07) is 5.86. The van der Waals surface area contributed by atoms with Crippen LogP contribution >= 0.6 is 0 Å². The van der Waals surface area contributed by atoms with Crippen LogP contribution in [0.1, 0.15) is 6.92 Å². The van der Waals surface area contributed by atoms with Crippen LogP contribution in [0.3, 0.4) is 0 Å². The molecule has 1 fully saturated rings. The molecule has 0 unspecified atom stereocenters. The first kappa shape index (κ1) is 15.0. The minimum absolute atomic E-state index is 0.0905. The lowest BCUT2D eigenvalue weighted by Gasteiger charge is -2.19. The third-order valence-electron chi connectivity index (χ3n) is 3.73. The highest BCUT2D eigenvalue weighted by atomic mass is 16.5. The van der Waals surface area contributed by atoms with Gasteiger partial charge in [-0.05, 0) is 19.1 Å². The average molecular weight is 317 g/mol. The van der Waals surface area contributed by atoms with E-state index in [1.807, 2.05) is 6.92 Å². The van der Waals surface area contributed by atoms with Crippen LogP contribution in [-0.4, -0.2) is 43.3 Å². The molecule has 2 aliphatic rings. The molecule has 3 rings (SSSR count). The van der Waals surface area contributed by atoms with Crippen molar-refractivity contribution in [2.24, 2.45) is 11.0 Å². The Morgan fingerprint density at radius 1 is 1.30 bits per heavy atom. The van der Waals surface area contributed by atoms with Crippen LogP contribution in [-0.2, 0) is 19.1 Å². The molecule has 2 amide bonds. The van der Waals surface area contributed by atoms with E-state index in [1.54, 1.807) is 24.3 Å². The first-order valence-corrected chi connectivity index (χ1v) is 7.11. The number of benzene rings is 1. The zero-order valence-corrected chi connectivity index (χ0v) is 12.6. The van der Waals surface area contributed by atoms with Gasteiger partial charge in [-0.3, -0.25) is 15.0 Å². The van der Waals surface area contributed by atoms with E-state index in [-0.39, 0.29) is 5.71 Å². The molecule has 2 atom stereocenters. The number of nitrogens with zero attached hydrogens (tertiary/aromatic N) is 2. The standard InChI is InChI=1S/C15H15N3O5/c1-3-23-9-7-5-4-6-8(9)18-13(19)10-11(14(18)20)16-17-12(10)15(21)22-2/h4-7,10-11,16H,3H2,1-2H3/t10-,11-/m1/s1. The van der Waals surface area contributed by atoms with E-state index in [1.165, 1.54) is 7.11 Å². The molecule has 0 radical (unpaired) electrons. The molecule has 0 aliphatic carbocycles. The van der Waals surface area contributed by atoms with Crippen molar-refractivity contribution >= 4 is 29.2 Å².